The fraction of sp³-hybridized carbons (Fsp3) is 0.235. The number of ether oxygens (including phenoxy) is 2. The summed E-state index contributed by atoms with van der Waals surface area (Å²) in [6.07, 6.45) is 0.404. The molecule has 1 unspecified atom stereocenters. The summed E-state index contributed by atoms with van der Waals surface area (Å²) in [7, 11) is 0. The first kappa shape index (κ1) is 15.4. The van der Waals surface area contributed by atoms with Gasteiger partial charge in [0.15, 0.2) is 0 Å². The maximum absolute atomic E-state index is 11.9. The van der Waals surface area contributed by atoms with Crippen molar-refractivity contribution in [3.05, 3.63) is 65.2 Å². The van der Waals surface area contributed by atoms with Crippen molar-refractivity contribution in [2.24, 2.45) is 0 Å². The average molecular weight is 305 g/mol. The van der Waals surface area contributed by atoms with E-state index >= 15 is 0 Å². The highest BCUT2D eigenvalue weighted by Gasteiger charge is 2.12. The Kier molecular flexibility index (Phi) is 5.64. The molecule has 0 amide bonds. The van der Waals surface area contributed by atoms with Gasteiger partial charge in [0, 0.05) is 11.4 Å². The van der Waals surface area contributed by atoms with Crippen molar-refractivity contribution in [3.8, 4) is 5.75 Å². The molecule has 2 rings (SSSR count). The Balaban J connectivity index is 1.76. The average Bonchev–Trinajstić information content (AvgIpc) is 2.48. The lowest BCUT2D eigenvalue weighted by Gasteiger charge is -2.14. The molecule has 0 saturated carbocycles. The molecule has 3 nitrogen and oxygen atoms in total. The van der Waals surface area contributed by atoms with Crippen molar-refractivity contribution in [1.29, 1.82) is 0 Å². The molecule has 0 aliphatic carbocycles. The quantitative estimate of drug-likeness (QED) is 0.744. The minimum Gasteiger partial charge on any atom is -0.493 e. The fourth-order valence-electron chi connectivity index (χ4n) is 1.78. The van der Waals surface area contributed by atoms with Crippen molar-refractivity contribution in [3.63, 3.8) is 0 Å². The van der Waals surface area contributed by atoms with E-state index in [1.54, 1.807) is 24.3 Å². The van der Waals surface area contributed by atoms with Crippen LogP contribution in [0.1, 0.15) is 23.7 Å². The number of rotatable bonds is 6. The van der Waals surface area contributed by atoms with Crippen LogP contribution in [0.4, 0.5) is 0 Å². The number of carbonyl (C=O) groups is 1. The van der Waals surface area contributed by atoms with Crippen molar-refractivity contribution in [1.82, 2.24) is 0 Å². The minimum atomic E-state index is -0.371. The molecular weight excluding hydrogens is 288 g/mol. The Labute approximate surface area is 129 Å². The van der Waals surface area contributed by atoms with Gasteiger partial charge in [-0.05, 0) is 37.3 Å². The Hall–Kier alpha value is -2.00. The normalized spacial score (nSPS) is 11.7. The van der Waals surface area contributed by atoms with Crippen molar-refractivity contribution in [2.75, 3.05) is 6.61 Å². The highest BCUT2D eigenvalue weighted by molar-refractivity contribution is 6.30. The molecule has 0 radical (unpaired) electrons. The van der Waals surface area contributed by atoms with Gasteiger partial charge in [-0.3, -0.25) is 0 Å². The smallest absolute Gasteiger partial charge is 0.338 e. The highest BCUT2D eigenvalue weighted by Crippen LogP contribution is 2.14. The molecule has 4 heteroatoms. The molecule has 0 spiro atoms. The van der Waals surface area contributed by atoms with Gasteiger partial charge < -0.3 is 9.47 Å². The summed E-state index contributed by atoms with van der Waals surface area (Å²) in [5.74, 6) is 0.440. The van der Waals surface area contributed by atoms with Crippen LogP contribution in [0.3, 0.4) is 0 Å². The minimum absolute atomic E-state index is 0.222. The monoisotopic (exact) mass is 304 g/mol. The molecule has 0 heterocycles. The van der Waals surface area contributed by atoms with E-state index < -0.39 is 0 Å². The van der Waals surface area contributed by atoms with Gasteiger partial charge in [-0.15, -0.1) is 0 Å². The Morgan fingerprint density at radius 2 is 1.90 bits per heavy atom. The standard InChI is InChI=1S/C17H17ClO3/c1-13(10-11-20-16-8-3-2-4-9-16)21-17(19)14-6-5-7-15(18)12-14/h2-9,12-13H,10-11H2,1H3. The van der Waals surface area contributed by atoms with Gasteiger partial charge >= 0.3 is 5.97 Å². The van der Waals surface area contributed by atoms with E-state index in [9.17, 15) is 4.79 Å². The van der Waals surface area contributed by atoms with E-state index in [2.05, 4.69) is 0 Å². The van der Waals surface area contributed by atoms with E-state index in [4.69, 9.17) is 21.1 Å². The summed E-state index contributed by atoms with van der Waals surface area (Å²) >= 11 is 5.85. The van der Waals surface area contributed by atoms with Crippen molar-refractivity contribution < 1.29 is 14.3 Å². The first-order valence-electron chi connectivity index (χ1n) is 6.79. The summed E-state index contributed by atoms with van der Waals surface area (Å²) in [4.78, 5) is 11.9. The van der Waals surface area contributed by atoms with Crippen LogP contribution in [0, 0.1) is 0 Å². The molecule has 0 fully saturated rings. The molecule has 0 aliphatic heterocycles. The van der Waals surface area contributed by atoms with Gasteiger partial charge in [-0.1, -0.05) is 35.9 Å². The number of para-hydroxylation sites is 1. The zero-order chi connectivity index (χ0) is 15.1. The van der Waals surface area contributed by atoms with Crippen LogP contribution in [0.25, 0.3) is 0 Å². The first-order valence-corrected chi connectivity index (χ1v) is 7.17. The second-order valence-corrected chi connectivity index (χ2v) is 5.11. The van der Waals surface area contributed by atoms with Crippen LogP contribution in [-0.4, -0.2) is 18.7 Å². The number of esters is 1. The number of benzene rings is 2. The summed E-state index contributed by atoms with van der Waals surface area (Å²) in [5, 5.41) is 0.518. The Morgan fingerprint density at radius 3 is 2.62 bits per heavy atom. The topological polar surface area (TPSA) is 35.5 Å². The van der Waals surface area contributed by atoms with Crippen LogP contribution in [-0.2, 0) is 4.74 Å². The summed E-state index contributed by atoms with van der Waals surface area (Å²) in [5.41, 5.74) is 0.457. The number of hydrogen-bond donors (Lipinski definition) is 0. The van der Waals surface area contributed by atoms with Crippen molar-refractivity contribution in [2.45, 2.75) is 19.4 Å². The third kappa shape index (κ3) is 5.12. The second-order valence-electron chi connectivity index (χ2n) is 4.68. The summed E-state index contributed by atoms with van der Waals surface area (Å²) < 4.78 is 10.9. The fourth-order valence-corrected chi connectivity index (χ4v) is 1.97. The van der Waals surface area contributed by atoms with Gasteiger partial charge in [0.05, 0.1) is 12.2 Å². The van der Waals surface area contributed by atoms with Crippen LogP contribution in [0.2, 0.25) is 5.02 Å². The molecule has 0 N–H and O–H groups in total. The van der Waals surface area contributed by atoms with E-state index in [-0.39, 0.29) is 12.1 Å². The Bertz CT molecular complexity index is 584. The molecule has 110 valence electrons. The zero-order valence-electron chi connectivity index (χ0n) is 11.8. The molecule has 0 aliphatic rings. The maximum atomic E-state index is 11.9. The van der Waals surface area contributed by atoms with E-state index in [1.165, 1.54) is 0 Å². The predicted molar refractivity (Wildman–Crippen MR) is 82.9 cm³/mol. The third-order valence-corrected chi connectivity index (χ3v) is 3.14. The van der Waals surface area contributed by atoms with Gasteiger partial charge in [0.25, 0.3) is 0 Å². The van der Waals surface area contributed by atoms with Gasteiger partial charge in [-0.25, -0.2) is 4.79 Å². The number of carbonyl (C=O) groups excluding carboxylic acids is 1. The third-order valence-electron chi connectivity index (χ3n) is 2.90. The molecule has 0 saturated heterocycles. The van der Waals surface area contributed by atoms with E-state index in [0.717, 1.165) is 5.75 Å². The lowest BCUT2D eigenvalue weighted by molar-refractivity contribution is 0.0297. The lowest BCUT2D eigenvalue weighted by Crippen LogP contribution is -2.17. The predicted octanol–water partition coefficient (Wildman–Crippen LogP) is 4.35. The Morgan fingerprint density at radius 1 is 1.14 bits per heavy atom. The number of hydrogen-bond acceptors (Lipinski definition) is 3. The highest BCUT2D eigenvalue weighted by atomic mass is 35.5. The van der Waals surface area contributed by atoms with Gasteiger partial charge in [0.1, 0.15) is 11.9 Å². The molecule has 1 atom stereocenters. The zero-order valence-corrected chi connectivity index (χ0v) is 12.5. The van der Waals surface area contributed by atoms with Crippen LogP contribution in [0.5, 0.6) is 5.75 Å². The summed E-state index contributed by atoms with van der Waals surface area (Å²) in [6, 6.07) is 16.3. The first-order chi connectivity index (χ1) is 10.1. The SMILES string of the molecule is CC(CCOc1ccccc1)OC(=O)c1cccc(Cl)c1. The van der Waals surface area contributed by atoms with Gasteiger partial charge in [-0.2, -0.15) is 0 Å². The largest absolute Gasteiger partial charge is 0.493 e. The van der Waals surface area contributed by atoms with Crippen LogP contribution in [0.15, 0.2) is 54.6 Å². The van der Waals surface area contributed by atoms with E-state index in [1.807, 2.05) is 37.3 Å². The molecule has 2 aromatic carbocycles. The van der Waals surface area contributed by atoms with Crippen LogP contribution < -0.4 is 4.74 Å². The molecular formula is C17H17ClO3. The second kappa shape index (κ2) is 7.70. The maximum Gasteiger partial charge on any atom is 0.338 e. The lowest BCUT2D eigenvalue weighted by atomic mass is 10.2. The van der Waals surface area contributed by atoms with Crippen LogP contribution >= 0.6 is 11.6 Å². The molecule has 2 aromatic rings. The molecule has 21 heavy (non-hydrogen) atoms. The summed E-state index contributed by atoms with van der Waals surface area (Å²) in [6.45, 7) is 2.34. The van der Waals surface area contributed by atoms with Gasteiger partial charge in [0.2, 0.25) is 0 Å². The van der Waals surface area contributed by atoms with Crippen molar-refractivity contribution >= 4 is 17.6 Å². The molecule has 0 bridgehead atoms. The molecule has 0 aromatic heterocycles. The number of halogens is 1. The van der Waals surface area contributed by atoms with E-state index in [0.29, 0.717) is 23.6 Å².